The smallest absolute Gasteiger partial charge is 0.342 e. The Hall–Kier alpha value is -2.68. The highest BCUT2D eigenvalue weighted by Crippen LogP contribution is 2.30. The van der Waals surface area contributed by atoms with E-state index in [1.165, 1.54) is 44.6 Å². The summed E-state index contributed by atoms with van der Waals surface area (Å²) >= 11 is 0. The van der Waals surface area contributed by atoms with Crippen molar-refractivity contribution in [2.24, 2.45) is 0 Å². The molecule has 0 saturated carbocycles. The first-order valence-corrected chi connectivity index (χ1v) is 8.68. The molecule has 152 valence electrons. The summed E-state index contributed by atoms with van der Waals surface area (Å²) in [6.07, 6.45) is 0.774. The van der Waals surface area contributed by atoms with Crippen molar-refractivity contribution in [3.63, 3.8) is 0 Å². The summed E-state index contributed by atoms with van der Waals surface area (Å²) in [5, 5.41) is 30.3. The molecule has 0 unspecified atom stereocenters. The van der Waals surface area contributed by atoms with Crippen LogP contribution in [-0.4, -0.2) is 65.7 Å². The topological polar surface area (TPSA) is 123 Å². The second-order valence-corrected chi connectivity index (χ2v) is 6.33. The predicted octanol–water partition coefficient (Wildman–Crippen LogP) is 1.23. The monoisotopic (exact) mass is 392 g/mol. The molecule has 0 amide bonds. The van der Waals surface area contributed by atoms with Gasteiger partial charge in [0.05, 0.1) is 13.2 Å². The summed E-state index contributed by atoms with van der Waals surface area (Å²) in [4.78, 5) is 24.7. The Bertz CT molecular complexity index is 783. The van der Waals surface area contributed by atoms with Crippen LogP contribution in [0.5, 0.6) is 11.5 Å². The molecule has 0 aromatic heterocycles. The van der Waals surface area contributed by atoms with E-state index in [0.717, 1.165) is 6.08 Å². The largest absolute Gasteiger partial charge is 0.507 e. The lowest BCUT2D eigenvalue weighted by atomic mass is 10.0. The number of cyclic esters (lactones) is 1. The van der Waals surface area contributed by atoms with Gasteiger partial charge in [0, 0.05) is 13.2 Å². The van der Waals surface area contributed by atoms with E-state index in [9.17, 15) is 24.9 Å². The number of aliphatic hydroxyl groups is 2. The van der Waals surface area contributed by atoms with Crippen LogP contribution in [0.4, 0.5) is 0 Å². The van der Waals surface area contributed by atoms with Gasteiger partial charge in [0.15, 0.2) is 5.78 Å². The summed E-state index contributed by atoms with van der Waals surface area (Å²) in [5.74, 6) is -1.50. The van der Waals surface area contributed by atoms with Crippen molar-refractivity contribution >= 4 is 17.8 Å². The molecule has 4 atom stereocenters. The summed E-state index contributed by atoms with van der Waals surface area (Å²) in [6.45, 7) is 1.56. The van der Waals surface area contributed by atoms with E-state index in [1.807, 2.05) is 0 Å². The van der Waals surface area contributed by atoms with Gasteiger partial charge in [0.25, 0.3) is 0 Å². The van der Waals surface area contributed by atoms with Crippen LogP contribution in [0.25, 0.3) is 6.08 Å². The number of fused-ring (bicyclic) bond motifs is 1. The molecule has 8 heteroatoms. The second-order valence-electron chi connectivity index (χ2n) is 6.33. The van der Waals surface area contributed by atoms with Crippen LogP contribution in [0.3, 0.4) is 0 Å². The molecule has 1 aromatic rings. The van der Waals surface area contributed by atoms with E-state index in [1.54, 1.807) is 6.92 Å². The molecule has 0 radical (unpaired) electrons. The molecule has 2 rings (SSSR count). The van der Waals surface area contributed by atoms with Crippen molar-refractivity contribution in [2.75, 3.05) is 14.2 Å². The van der Waals surface area contributed by atoms with Gasteiger partial charge < -0.3 is 29.5 Å². The zero-order valence-corrected chi connectivity index (χ0v) is 15.9. The zero-order chi connectivity index (χ0) is 20.8. The molecule has 3 N–H and O–H groups in total. The van der Waals surface area contributed by atoms with E-state index in [2.05, 4.69) is 0 Å². The number of phenolic OH excluding ortho intramolecular Hbond substituents is 1. The Morgan fingerprint density at radius 1 is 1.14 bits per heavy atom. The minimum absolute atomic E-state index is 0.0582. The highest BCUT2D eigenvalue weighted by atomic mass is 16.6. The van der Waals surface area contributed by atoms with Crippen LogP contribution in [0.1, 0.15) is 29.3 Å². The average Bonchev–Trinajstić information content (AvgIpc) is 2.66. The van der Waals surface area contributed by atoms with Crippen LogP contribution in [-0.2, 0) is 14.3 Å². The maximum Gasteiger partial charge on any atom is 0.342 e. The lowest BCUT2D eigenvalue weighted by molar-refractivity contribution is -0.127. The Kier molecular flexibility index (Phi) is 7.33. The first-order chi connectivity index (χ1) is 13.3. The summed E-state index contributed by atoms with van der Waals surface area (Å²) in [5.41, 5.74) is 0.217. The fraction of sp³-hybridized carbons (Fsp3) is 0.400. The Balaban J connectivity index is 2.52. The number of aliphatic hydroxyl groups excluding tert-OH is 2. The molecule has 1 aliphatic rings. The van der Waals surface area contributed by atoms with Gasteiger partial charge >= 0.3 is 5.97 Å². The number of esters is 1. The van der Waals surface area contributed by atoms with Gasteiger partial charge in [0.2, 0.25) is 0 Å². The Labute approximate surface area is 162 Å². The fourth-order valence-corrected chi connectivity index (χ4v) is 2.76. The van der Waals surface area contributed by atoms with E-state index in [-0.39, 0.29) is 17.7 Å². The third-order valence-electron chi connectivity index (χ3n) is 4.37. The lowest BCUT2D eigenvalue weighted by Gasteiger charge is -2.21. The van der Waals surface area contributed by atoms with E-state index in [0.29, 0.717) is 11.3 Å². The van der Waals surface area contributed by atoms with Crippen molar-refractivity contribution in [3.05, 3.63) is 41.5 Å². The number of benzene rings is 1. The summed E-state index contributed by atoms with van der Waals surface area (Å²) in [7, 11) is 2.78. The summed E-state index contributed by atoms with van der Waals surface area (Å²) < 4.78 is 15.7. The van der Waals surface area contributed by atoms with E-state index < -0.39 is 36.2 Å². The van der Waals surface area contributed by atoms with Crippen molar-refractivity contribution in [3.8, 4) is 11.5 Å². The van der Waals surface area contributed by atoms with Crippen LogP contribution in [0.2, 0.25) is 0 Å². The number of methoxy groups -OCH3 is 2. The number of hydrogen-bond donors (Lipinski definition) is 3. The molecule has 8 nitrogen and oxygen atoms in total. The molecular formula is C20H24O8. The molecule has 0 spiro atoms. The van der Waals surface area contributed by atoms with Gasteiger partial charge in [-0.25, -0.2) is 4.79 Å². The van der Waals surface area contributed by atoms with Crippen LogP contribution in [0, 0.1) is 0 Å². The molecule has 28 heavy (non-hydrogen) atoms. The van der Waals surface area contributed by atoms with Crippen molar-refractivity contribution in [1.29, 1.82) is 0 Å². The van der Waals surface area contributed by atoms with E-state index >= 15 is 0 Å². The maximum absolute atomic E-state index is 12.7. The Morgan fingerprint density at radius 3 is 2.50 bits per heavy atom. The van der Waals surface area contributed by atoms with Crippen LogP contribution < -0.4 is 4.74 Å². The van der Waals surface area contributed by atoms with Gasteiger partial charge in [-0.05, 0) is 37.1 Å². The minimum Gasteiger partial charge on any atom is -0.507 e. The molecule has 1 aliphatic heterocycles. The number of phenols is 1. The first kappa shape index (κ1) is 21.6. The van der Waals surface area contributed by atoms with Crippen LogP contribution >= 0.6 is 0 Å². The summed E-state index contributed by atoms with van der Waals surface area (Å²) in [6, 6.07) is 2.80. The molecule has 0 bridgehead atoms. The first-order valence-electron chi connectivity index (χ1n) is 8.68. The molecule has 1 aromatic carbocycles. The molecular weight excluding hydrogens is 368 g/mol. The number of carbonyl (C=O) groups is 2. The van der Waals surface area contributed by atoms with Crippen molar-refractivity contribution in [1.82, 2.24) is 0 Å². The van der Waals surface area contributed by atoms with Gasteiger partial charge in [0.1, 0.15) is 35.4 Å². The number of carbonyl (C=O) groups excluding carboxylic acids is 2. The Morgan fingerprint density at radius 2 is 1.86 bits per heavy atom. The predicted molar refractivity (Wildman–Crippen MR) is 100 cm³/mol. The number of hydrogen-bond acceptors (Lipinski definition) is 8. The molecule has 0 fully saturated rings. The van der Waals surface area contributed by atoms with Gasteiger partial charge in [-0.1, -0.05) is 12.2 Å². The SMILES string of the molecule is COc1cc(O)c2c(c1)C=CC[C@H](O)[C@H](O)C(=O)/C=C\[C@@H](OC)[C@H](C)OC2=O. The average molecular weight is 392 g/mol. The van der Waals surface area contributed by atoms with Gasteiger partial charge in [-0.15, -0.1) is 0 Å². The minimum atomic E-state index is -1.61. The quantitative estimate of drug-likeness (QED) is 0.642. The standard InChI is InChI=1S/C20H24O8/c1-11-17(27-3)8-7-15(22)19(24)14(21)6-4-5-12-9-13(26-2)10-16(23)18(12)20(25)28-11/h4-5,7-11,14,17,19,21,23-24H,6H2,1-3H3/b5-4?,8-7-/t11-,14-,17+,19-/m0/s1. The molecule has 0 saturated heterocycles. The highest BCUT2D eigenvalue weighted by molar-refractivity contribution is 5.97. The van der Waals surface area contributed by atoms with Crippen LogP contribution in [0.15, 0.2) is 30.4 Å². The van der Waals surface area contributed by atoms with Crippen molar-refractivity contribution < 1.29 is 39.1 Å². The van der Waals surface area contributed by atoms with Gasteiger partial charge in [-0.2, -0.15) is 0 Å². The number of rotatable bonds is 2. The second kappa shape index (κ2) is 9.50. The maximum atomic E-state index is 12.7. The third kappa shape index (κ3) is 4.98. The number of aromatic hydroxyl groups is 1. The van der Waals surface area contributed by atoms with Gasteiger partial charge in [-0.3, -0.25) is 4.79 Å². The number of ketones is 1. The highest BCUT2D eigenvalue weighted by Gasteiger charge is 2.26. The molecule has 1 heterocycles. The van der Waals surface area contributed by atoms with E-state index in [4.69, 9.17) is 14.2 Å². The zero-order valence-electron chi connectivity index (χ0n) is 15.9. The normalized spacial score (nSPS) is 27.5. The molecule has 0 aliphatic carbocycles. The fourth-order valence-electron chi connectivity index (χ4n) is 2.76. The number of ether oxygens (including phenoxy) is 3. The third-order valence-corrected chi connectivity index (χ3v) is 4.37. The van der Waals surface area contributed by atoms with Crippen molar-refractivity contribution in [2.45, 2.75) is 37.8 Å². The lowest BCUT2D eigenvalue weighted by Crippen LogP contribution is -2.33.